The van der Waals surface area contributed by atoms with E-state index in [4.69, 9.17) is 4.74 Å². The number of carbonyl (C=O) groups excluding carboxylic acids is 1. The summed E-state index contributed by atoms with van der Waals surface area (Å²) in [5.74, 6) is 0.737. The minimum Gasteiger partial charge on any atom is -0.496 e. The summed E-state index contributed by atoms with van der Waals surface area (Å²) in [5, 5.41) is 6.57. The third kappa shape index (κ3) is 3.88. The molecule has 5 heteroatoms. The highest BCUT2D eigenvalue weighted by molar-refractivity contribution is 6.01. The smallest absolute Gasteiger partial charge is 0.323 e. The lowest BCUT2D eigenvalue weighted by Crippen LogP contribution is -2.19. The summed E-state index contributed by atoms with van der Waals surface area (Å²) < 4.78 is 5.42. The van der Waals surface area contributed by atoms with E-state index in [-0.39, 0.29) is 6.03 Å². The van der Waals surface area contributed by atoms with Crippen LogP contribution in [-0.4, -0.2) is 18.1 Å². The van der Waals surface area contributed by atoms with Gasteiger partial charge in [-0.05, 0) is 62.2 Å². The molecule has 0 radical (unpaired) electrons. The van der Waals surface area contributed by atoms with Gasteiger partial charge in [-0.3, -0.25) is 4.98 Å². The summed E-state index contributed by atoms with van der Waals surface area (Å²) in [4.78, 5) is 16.8. The second kappa shape index (κ2) is 6.81. The molecule has 1 aromatic heterocycles. The number of hydrogen-bond acceptors (Lipinski definition) is 3. The van der Waals surface area contributed by atoms with Crippen LogP contribution in [0, 0.1) is 20.8 Å². The van der Waals surface area contributed by atoms with Crippen molar-refractivity contribution in [3.05, 3.63) is 59.3 Å². The van der Waals surface area contributed by atoms with E-state index in [9.17, 15) is 4.79 Å². The Labute approximate surface area is 147 Å². The lowest BCUT2D eigenvalue weighted by Gasteiger charge is -2.11. The van der Waals surface area contributed by atoms with Crippen LogP contribution in [0.25, 0.3) is 10.9 Å². The quantitative estimate of drug-likeness (QED) is 0.722. The molecule has 5 nitrogen and oxygen atoms in total. The average molecular weight is 335 g/mol. The van der Waals surface area contributed by atoms with Crippen molar-refractivity contribution >= 4 is 28.3 Å². The number of aromatic nitrogens is 1. The fraction of sp³-hybridized carbons (Fsp3) is 0.200. The van der Waals surface area contributed by atoms with Gasteiger partial charge in [0, 0.05) is 28.5 Å². The summed E-state index contributed by atoms with van der Waals surface area (Å²) >= 11 is 0. The van der Waals surface area contributed by atoms with Crippen LogP contribution in [-0.2, 0) is 0 Å². The van der Waals surface area contributed by atoms with Gasteiger partial charge in [-0.15, -0.1) is 0 Å². The Kier molecular flexibility index (Phi) is 4.57. The fourth-order valence-electron chi connectivity index (χ4n) is 2.91. The van der Waals surface area contributed by atoms with Crippen molar-refractivity contribution in [1.29, 1.82) is 0 Å². The minimum absolute atomic E-state index is 0.289. The SMILES string of the molecule is COc1cc(C)nc2ccc(NC(=O)Nc3cc(C)cc(C)c3)cc12. The van der Waals surface area contributed by atoms with Crippen molar-refractivity contribution in [3.8, 4) is 5.75 Å². The van der Waals surface area contributed by atoms with Gasteiger partial charge in [-0.25, -0.2) is 4.79 Å². The van der Waals surface area contributed by atoms with Gasteiger partial charge in [0.05, 0.1) is 12.6 Å². The molecule has 0 aliphatic rings. The van der Waals surface area contributed by atoms with Gasteiger partial charge in [0.2, 0.25) is 0 Å². The summed E-state index contributed by atoms with van der Waals surface area (Å²) in [6, 6.07) is 13.1. The monoisotopic (exact) mass is 335 g/mol. The predicted octanol–water partition coefficient (Wildman–Crippen LogP) is 4.81. The topological polar surface area (TPSA) is 63.2 Å². The number of nitrogens with one attached hydrogen (secondary N) is 2. The molecule has 0 saturated carbocycles. The molecule has 0 aliphatic heterocycles. The van der Waals surface area contributed by atoms with Crippen molar-refractivity contribution in [2.24, 2.45) is 0 Å². The van der Waals surface area contributed by atoms with Crippen LogP contribution in [0.2, 0.25) is 0 Å². The Morgan fingerprint density at radius 1 is 0.920 bits per heavy atom. The predicted molar refractivity (Wildman–Crippen MR) is 102 cm³/mol. The molecule has 25 heavy (non-hydrogen) atoms. The van der Waals surface area contributed by atoms with Crippen molar-refractivity contribution < 1.29 is 9.53 Å². The Bertz CT molecular complexity index is 931. The van der Waals surface area contributed by atoms with Gasteiger partial charge in [0.15, 0.2) is 0 Å². The van der Waals surface area contributed by atoms with Gasteiger partial charge < -0.3 is 15.4 Å². The van der Waals surface area contributed by atoms with E-state index in [2.05, 4.69) is 21.7 Å². The number of benzene rings is 2. The third-order valence-electron chi connectivity index (χ3n) is 3.86. The molecule has 2 aromatic carbocycles. The highest BCUT2D eigenvalue weighted by atomic mass is 16.5. The normalized spacial score (nSPS) is 10.6. The van der Waals surface area contributed by atoms with E-state index in [0.29, 0.717) is 5.69 Å². The molecule has 0 spiro atoms. The largest absolute Gasteiger partial charge is 0.496 e. The third-order valence-corrected chi connectivity index (χ3v) is 3.86. The molecule has 0 saturated heterocycles. The number of anilines is 2. The van der Waals surface area contributed by atoms with E-state index in [1.807, 2.05) is 57.2 Å². The Hall–Kier alpha value is -3.08. The van der Waals surface area contributed by atoms with Crippen LogP contribution >= 0.6 is 0 Å². The number of aryl methyl sites for hydroxylation is 3. The summed E-state index contributed by atoms with van der Waals surface area (Å²) in [6.45, 7) is 5.92. The van der Waals surface area contributed by atoms with Crippen LogP contribution in [0.4, 0.5) is 16.2 Å². The van der Waals surface area contributed by atoms with E-state index in [0.717, 1.165) is 39.2 Å². The van der Waals surface area contributed by atoms with Gasteiger partial charge in [0.25, 0.3) is 0 Å². The van der Waals surface area contributed by atoms with E-state index >= 15 is 0 Å². The number of rotatable bonds is 3. The average Bonchev–Trinajstić information content (AvgIpc) is 2.53. The first-order valence-electron chi connectivity index (χ1n) is 8.06. The molecule has 2 amide bonds. The van der Waals surface area contributed by atoms with Gasteiger partial charge in [0.1, 0.15) is 5.75 Å². The Morgan fingerprint density at radius 3 is 2.28 bits per heavy atom. The van der Waals surface area contributed by atoms with Crippen LogP contribution in [0.5, 0.6) is 5.75 Å². The second-order valence-electron chi connectivity index (χ2n) is 6.15. The number of carbonyl (C=O) groups is 1. The zero-order chi connectivity index (χ0) is 18.0. The van der Waals surface area contributed by atoms with Gasteiger partial charge in [-0.1, -0.05) is 6.07 Å². The number of fused-ring (bicyclic) bond motifs is 1. The lowest BCUT2D eigenvalue weighted by atomic mass is 10.1. The highest BCUT2D eigenvalue weighted by Crippen LogP contribution is 2.28. The van der Waals surface area contributed by atoms with E-state index < -0.39 is 0 Å². The molecule has 0 atom stereocenters. The van der Waals surface area contributed by atoms with Crippen LogP contribution in [0.15, 0.2) is 42.5 Å². The molecule has 0 fully saturated rings. The first-order valence-corrected chi connectivity index (χ1v) is 8.06. The number of ether oxygens (including phenoxy) is 1. The summed E-state index contributed by atoms with van der Waals surface area (Å²) in [7, 11) is 1.63. The number of nitrogens with zero attached hydrogens (tertiary/aromatic N) is 1. The molecule has 0 bridgehead atoms. The number of urea groups is 1. The van der Waals surface area contributed by atoms with Gasteiger partial charge >= 0.3 is 6.03 Å². The Balaban J connectivity index is 1.82. The second-order valence-corrected chi connectivity index (χ2v) is 6.15. The maximum absolute atomic E-state index is 12.3. The van der Waals surface area contributed by atoms with E-state index in [1.165, 1.54) is 0 Å². The maximum atomic E-state index is 12.3. The Morgan fingerprint density at radius 2 is 1.60 bits per heavy atom. The van der Waals surface area contributed by atoms with Crippen LogP contribution < -0.4 is 15.4 Å². The molecule has 3 aromatic rings. The zero-order valence-corrected chi connectivity index (χ0v) is 14.8. The summed E-state index contributed by atoms with van der Waals surface area (Å²) in [5.41, 5.74) is 5.37. The summed E-state index contributed by atoms with van der Waals surface area (Å²) in [6.07, 6.45) is 0. The van der Waals surface area contributed by atoms with Crippen molar-refractivity contribution in [2.75, 3.05) is 17.7 Å². The molecule has 3 rings (SSSR count). The highest BCUT2D eigenvalue weighted by Gasteiger charge is 2.08. The van der Waals surface area contributed by atoms with Crippen molar-refractivity contribution in [1.82, 2.24) is 4.98 Å². The fourth-order valence-corrected chi connectivity index (χ4v) is 2.91. The first kappa shape index (κ1) is 16.8. The van der Waals surface area contributed by atoms with Crippen LogP contribution in [0.3, 0.4) is 0 Å². The number of hydrogen-bond donors (Lipinski definition) is 2. The lowest BCUT2D eigenvalue weighted by molar-refractivity contribution is 0.262. The molecular weight excluding hydrogens is 314 g/mol. The maximum Gasteiger partial charge on any atom is 0.323 e. The first-order chi connectivity index (χ1) is 11.9. The molecule has 1 heterocycles. The van der Waals surface area contributed by atoms with E-state index in [1.54, 1.807) is 7.11 Å². The van der Waals surface area contributed by atoms with Crippen LogP contribution in [0.1, 0.15) is 16.8 Å². The molecule has 0 unspecified atom stereocenters. The zero-order valence-electron chi connectivity index (χ0n) is 14.8. The van der Waals surface area contributed by atoms with Crippen molar-refractivity contribution in [3.63, 3.8) is 0 Å². The standard InChI is InChI=1S/C20H21N3O2/c1-12-7-13(2)9-16(8-12)23-20(24)22-15-5-6-18-17(11-15)19(25-4)10-14(3)21-18/h5-11H,1-4H3,(H2,22,23,24). The molecule has 128 valence electrons. The number of pyridine rings is 1. The molecular formula is C20H21N3O2. The minimum atomic E-state index is -0.289. The number of methoxy groups -OCH3 is 1. The molecule has 2 N–H and O–H groups in total. The van der Waals surface area contributed by atoms with Gasteiger partial charge in [-0.2, -0.15) is 0 Å². The molecule has 0 aliphatic carbocycles. The number of amides is 2. The van der Waals surface area contributed by atoms with Crippen molar-refractivity contribution in [2.45, 2.75) is 20.8 Å².